The van der Waals surface area contributed by atoms with Gasteiger partial charge < -0.3 is 15.0 Å². The van der Waals surface area contributed by atoms with E-state index in [4.69, 9.17) is 16.3 Å². The highest BCUT2D eigenvalue weighted by Gasteiger charge is 2.39. The summed E-state index contributed by atoms with van der Waals surface area (Å²) in [6.45, 7) is 3.40. The molecule has 3 fully saturated rings. The number of ether oxygens (including phenoxy) is 1. The lowest BCUT2D eigenvalue weighted by Crippen LogP contribution is -2.44. The summed E-state index contributed by atoms with van der Waals surface area (Å²) < 4.78 is 5.35. The predicted molar refractivity (Wildman–Crippen MR) is 95.6 cm³/mol. The molecule has 3 unspecified atom stereocenters. The quantitative estimate of drug-likeness (QED) is 0.891. The van der Waals surface area contributed by atoms with E-state index >= 15 is 0 Å². The molecular weight excluding hydrogens is 340 g/mol. The molecule has 4 rings (SSSR count). The van der Waals surface area contributed by atoms with Gasteiger partial charge in [0.05, 0.1) is 17.4 Å². The third-order valence-electron chi connectivity index (χ3n) is 5.88. The molecule has 6 nitrogen and oxygen atoms in total. The first-order chi connectivity index (χ1) is 12.2. The molecule has 1 N–H and O–H groups in total. The van der Waals surface area contributed by atoms with Gasteiger partial charge in [0.15, 0.2) is 0 Å². The second kappa shape index (κ2) is 7.46. The van der Waals surface area contributed by atoms with Gasteiger partial charge in [0, 0.05) is 38.3 Å². The van der Waals surface area contributed by atoms with Crippen molar-refractivity contribution in [1.29, 1.82) is 0 Å². The molecule has 0 spiro atoms. The van der Waals surface area contributed by atoms with Crippen LogP contribution in [0.5, 0.6) is 0 Å². The van der Waals surface area contributed by atoms with E-state index in [2.05, 4.69) is 20.2 Å². The summed E-state index contributed by atoms with van der Waals surface area (Å²) in [7, 11) is 0. The highest BCUT2D eigenvalue weighted by Crippen LogP contribution is 2.37. The number of nitrogens with one attached hydrogen (secondary N) is 1. The van der Waals surface area contributed by atoms with Crippen LogP contribution in [0.3, 0.4) is 0 Å². The summed E-state index contributed by atoms with van der Waals surface area (Å²) in [6, 6.07) is 0.308. The third kappa shape index (κ3) is 3.90. The second-order valence-corrected chi connectivity index (χ2v) is 7.97. The highest BCUT2D eigenvalue weighted by atomic mass is 35.5. The van der Waals surface area contributed by atoms with E-state index in [0.29, 0.717) is 36.1 Å². The molecule has 0 aromatic carbocycles. The topological polar surface area (TPSA) is 67.4 Å². The summed E-state index contributed by atoms with van der Waals surface area (Å²) in [5, 5.41) is 3.87. The molecular formula is C18H25ClN4O2. The number of halogens is 1. The Hall–Kier alpha value is -1.40. The lowest BCUT2D eigenvalue weighted by molar-refractivity contribution is -0.128. The van der Waals surface area contributed by atoms with Crippen molar-refractivity contribution in [2.24, 2.45) is 17.8 Å². The van der Waals surface area contributed by atoms with Crippen molar-refractivity contribution in [3.8, 4) is 0 Å². The van der Waals surface area contributed by atoms with Gasteiger partial charge in [-0.25, -0.2) is 9.97 Å². The molecule has 0 radical (unpaired) electrons. The molecule has 1 aromatic rings. The van der Waals surface area contributed by atoms with Gasteiger partial charge in [-0.3, -0.25) is 4.79 Å². The first-order valence-electron chi connectivity index (χ1n) is 9.29. The van der Waals surface area contributed by atoms with Gasteiger partial charge in [0.1, 0.15) is 0 Å². The van der Waals surface area contributed by atoms with Crippen LogP contribution in [0.25, 0.3) is 0 Å². The zero-order valence-electron chi connectivity index (χ0n) is 14.4. The highest BCUT2D eigenvalue weighted by molar-refractivity contribution is 6.30. The van der Waals surface area contributed by atoms with Crippen molar-refractivity contribution in [2.75, 3.05) is 31.2 Å². The van der Waals surface area contributed by atoms with Crippen LogP contribution in [-0.4, -0.2) is 48.2 Å². The second-order valence-electron chi connectivity index (χ2n) is 7.53. The van der Waals surface area contributed by atoms with Gasteiger partial charge in [-0.2, -0.15) is 0 Å². The van der Waals surface area contributed by atoms with E-state index in [-0.39, 0.29) is 11.8 Å². The van der Waals surface area contributed by atoms with Gasteiger partial charge in [0.2, 0.25) is 11.9 Å². The van der Waals surface area contributed by atoms with Gasteiger partial charge in [-0.15, -0.1) is 0 Å². The number of fused-ring (bicyclic) bond motifs is 1. The monoisotopic (exact) mass is 364 g/mol. The first kappa shape index (κ1) is 17.0. The molecule has 25 heavy (non-hydrogen) atoms. The molecule has 136 valence electrons. The largest absolute Gasteiger partial charge is 0.381 e. The SMILES string of the molecule is O=C(NC1CCC2CN(c3ncc(Cl)cn3)CC2C1)C1CCOCC1. The summed E-state index contributed by atoms with van der Waals surface area (Å²) >= 11 is 5.88. The van der Waals surface area contributed by atoms with Gasteiger partial charge in [-0.1, -0.05) is 11.6 Å². The Labute approximate surface area is 153 Å². The summed E-state index contributed by atoms with van der Waals surface area (Å²) in [5.74, 6) is 2.40. The Kier molecular flexibility index (Phi) is 5.08. The van der Waals surface area contributed by atoms with Crippen molar-refractivity contribution in [3.05, 3.63) is 17.4 Å². The summed E-state index contributed by atoms with van der Waals surface area (Å²) in [6.07, 6.45) is 8.31. The van der Waals surface area contributed by atoms with Gasteiger partial charge in [-0.05, 0) is 43.9 Å². The van der Waals surface area contributed by atoms with E-state index in [1.54, 1.807) is 12.4 Å². The molecule has 1 aromatic heterocycles. The van der Waals surface area contributed by atoms with E-state index in [9.17, 15) is 4.79 Å². The maximum atomic E-state index is 12.5. The van der Waals surface area contributed by atoms with E-state index in [1.807, 2.05) is 0 Å². The normalized spacial score (nSPS) is 30.1. The number of nitrogens with zero attached hydrogens (tertiary/aromatic N) is 3. The average Bonchev–Trinajstić information content (AvgIpc) is 3.06. The number of rotatable bonds is 3. The fraction of sp³-hybridized carbons (Fsp3) is 0.722. The van der Waals surface area contributed by atoms with Crippen LogP contribution in [0.15, 0.2) is 12.4 Å². The van der Waals surface area contributed by atoms with E-state index in [1.165, 1.54) is 0 Å². The van der Waals surface area contributed by atoms with Crippen molar-refractivity contribution >= 4 is 23.5 Å². The molecule has 2 saturated heterocycles. The molecule has 1 amide bonds. The predicted octanol–water partition coefficient (Wildman–Crippen LogP) is 2.28. The summed E-state index contributed by atoms with van der Waals surface area (Å²) in [4.78, 5) is 23.4. The Morgan fingerprint density at radius 1 is 1.12 bits per heavy atom. The molecule has 1 aliphatic carbocycles. The van der Waals surface area contributed by atoms with Crippen molar-refractivity contribution < 1.29 is 9.53 Å². The summed E-state index contributed by atoms with van der Waals surface area (Å²) in [5.41, 5.74) is 0. The molecule has 3 aliphatic rings. The first-order valence-corrected chi connectivity index (χ1v) is 9.67. The molecule has 3 atom stereocenters. The number of hydrogen-bond donors (Lipinski definition) is 1. The lowest BCUT2D eigenvalue weighted by atomic mass is 9.79. The lowest BCUT2D eigenvalue weighted by Gasteiger charge is -2.32. The fourth-order valence-corrected chi connectivity index (χ4v) is 4.57. The number of carbonyl (C=O) groups excluding carboxylic acids is 1. The van der Waals surface area contributed by atoms with Gasteiger partial charge in [0.25, 0.3) is 0 Å². The van der Waals surface area contributed by atoms with Gasteiger partial charge >= 0.3 is 0 Å². The van der Waals surface area contributed by atoms with Crippen LogP contribution in [0.4, 0.5) is 5.95 Å². The standard InChI is InChI=1S/C18H25ClN4O2/c19-15-8-20-18(21-9-15)23-10-13-1-2-16(7-14(13)11-23)22-17(24)12-3-5-25-6-4-12/h8-9,12-14,16H,1-7,10-11H2,(H,22,24). The maximum absolute atomic E-state index is 12.5. The number of hydrogen-bond acceptors (Lipinski definition) is 5. The minimum atomic E-state index is 0.133. The van der Waals surface area contributed by atoms with Crippen molar-refractivity contribution in [3.63, 3.8) is 0 Å². The minimum absolute atomic E-state index is 0.133. The van der Waals surface area contributed by atoms with Crippen LogP contribution in [0.1, 0.15) is 32.1 Å². The molecule has 7 heteroatoms. The zero-order chi connectivity index (χ0) is 17.2. The number of carbonyl (C=O) groups is 1. The third-order valence-corrected chi connectivity index (χ3v) is 6.07. The Bertz CT molecular complexity index is 606. The van der Waals surface area contributed by atoms with Crippen molar-refractivity contribution in [2.45, 2.75) is 38.1 Å². The van der Waals surface area contributed by atoms with Crippen LogP contribution < -0.4 is 10.2 Å². The average molecular weight is 365 g/mol. The van der Waals surface area contributed by atoms with Crippen LogP contribution >= 0.6 is 11.6 Å². The van der Waals surface area contributed by atoms with E-state index < -0.39 is 0 Å². The number of amides is 1. The van der Waals surface area contributed by atoms with Crippen LogP contribution in [0.2, 0.25) is 5.02 Å². The Morgan fingerprint density at radius 2 is 1.84 bits per heavy atom. The number of aromatic nitrogens is 2. The Morgan fingerprint density at radius 3 is 2.60 bits per heavy atom. The molecule has 0 bridgehead atoms. The Balaban J connectivity index is 1.32. The maximum Gasteiger partial charge on any atom is 0.225 e. The number of anilines is 1. The molecule has 2 aliphatic heterocycles. The zero-order valence-corrected chi connectivity index (χ0v) is 15.1. The fourth-order valence-electron chi connectivity index (χ4n) is 4.47. The van der Waals surface area contributed by atoms with Crippen LogP contribution in [-0.2, 0) is 9.53 Å². The minimum Gasteiger partial charge on any atom is -0.381 e. The van der Waals surface area contributed by atoms with Crippen LogP contribution in [0, 0.1) is 17.8 Å². The molecule has 1 saturated carbocycles. The van der Waals surface area contributed by atoms with E-state index in [0.717, 1.165) is 51.1 Å². The molecule has 3 heterocycles. The smallest absolute Gasteiger partial charge is 0.225 e. The van der Waals surface area contributed by atoms with Crippen molar-refractivity contribution in [1.82, 2.24) is 15.3 Å².